The fourth-order valence-corrected chi connectivity index (χ4v) is 1.91. The molecule has 0 bridgehead atoms. The molecule has 0 spiro atoms. The molecule has 1 amide bonds. The average molecular weight is 244 g/mol. The molecule has 18 heavy (non-hydrogen) atoms. The summed E-state index contributed by atoms with van der Waals surface area (Å²) in [4.78, 5) is 17.6. The first-order chi connectivity index (χ1) is 8.45. The highest BCUT2D eigenvalue weighted by molar-refractivity contribution is 5.83. The Hall–Kier alpha value is -1.86. The third-order valence-electron chi connectivity index (χ3n) is 3.22. The molecule has 1 aromatic carbocycles. The van der Waals surface area contributed by atoms with Gasteiger partial charge in [-0.2, -0.15) is 5.26 Å². The topological polar surface area (TPSA) is 53.3 Å². The molecule has 1 aliphatic rings. The monoisotopic (exact) mass is 244 g/mol. The smallest absolute Gasteiger partial charge is 0.254 e. The van der Waals surface area contributed by atoms with Crippen LogP contribution in [0.4, 0.5) is 0 Å². The summed E-state index contributed by atoms with van der Waals surface area (Å²) >= 11 is 0. The molecule has 0 aliphatic carbocycles. The van der Waals surface area contributed by atoms with Crippen LogP contribution < -0.4 is 0 Å². The van der Waals surface area contributed by atoms with E-state index in [0.717, 1.165) is 5.56 Å². The molecule has 1 aromatic rings. The van der Waals surface area contributed by atoms with Crippen molar-refractivity contribution in [2.75, 3.05) is 6.61 Å². The molecule has 4 heteroatoms. The van der Waals surface area contributed by atoms with Crippen molar-refractivity contribution in [3.8, 4) is 6.07 Å². The highest BCUT2D eigenvalue weighted by atomic mass is 16.7. The Labute approximate surface area is 107 Å². The van der Waals surface area contributed by atoms with Crippen molar-refractivity contribution in [3.05, 3.63) is 35.4 Å². The zero-order chi connectivity index (χ0) is 13.3. The number of amides is 1. The summed E-state index contributed by atoms with van der Waals surface area (Å²) in [6.07, 6.45) is 0. The van der Waals surface area contributed by atoms with Gasteiger partial charge in [0.1, 0.15) is 0 Å². The fourth-order valence-electron chi connectivity index (χ4n) is 1.91. The number of nitrogens with zero attached hydrogens (tertiary/aromatic N) is 2. The van der Waals surface area contributed by atoms with Crippen molar-refractivity contribution in [2.24, 2.45) is 5.41 Å². The molecule has 0 saturated carbocycles. The first-order valence-electron chi connectivity index (χ1n) is 5.92. The lowest BCUT2D eigenvalue weighted by Gasteiger charge is -2.24. The maximum absolute atomic E-state index is 12.1. The third kappa shape index (κ3) is 2.09. The molecular formula is C14H16N2O2. The van der Waals surface area contributed by atoms with E-state index in [9.17, 15) is 4.79 Å². The van der Waals surface area contributed by atoms with Gasteiger partial charge in [0.2, 0.25) is 0 Å². The van der Waals surface area contributed by atoms with Crippen LogP contribution in [-0.2, 0) is 9.63 Å². The number of hydrogen-bond acceptors (Lipinski definition) is 3. The molecule has 1 atom stereocenters. The maximum atomic E-state index is 12.1. The number of benzene rings is 1. The molecule has 2 rings (SSSR count). The quantitative estimate of drug-likeness (QED) is 0.802. The zero-order valence-electron chi connectivity index (χ0n) is 10.8. The van der Waals surface area contributed by atoms with E-state index >= 15 is 0 Å². The van der Waals surface area contributed by atoms with Gasteiger partial charge >= 0.3 is 0 Å². The molecule has 1 saturated heterocycles. The van der Waals surface area contributed by atoms with E-state index in [0.29, 0.717) is 12.2 Å². The number of nitriles is 1. The molecule has 1 unspecified atom stereocenters. The molecule has 0 aromatic heterocycles. The lowest BCUT2D eigenvalue weighted by molar-refractivity contribution is -0.173. The Morgan fingerprint density at radius 1 is 1.39 bits per heavy atom. The van der Waals surface area contributed by atoms with E-state index in [-0.39, 0.29) is 11.9 Å². The summed E-state index contributed by atoms with van der Waals surface area (Å²) in [6.45, 7) is 6.08. The normalized spacial score (nSPS) is 19.7. The molecule has 0 radical (unpaired) electrons. The van der Waals surface area contributed by atoms with Crippen LogP contribution in [0.15, 0.2) is 24.3 Å². The highest BCUT2D eigenvalue weighted by Crippen LogP contribution is 2.33. The van der Waals surface area contributed by atoms with E-state index in [4.69, 9.17) is 10.1 Å². The van der Waals surface area contributed by atoms with Gasteiger partial charge in [0, 0.05) is 0 Å². The second-order valence-electron chi connectivity index (χ2n) is 5.20. The molecule has 1 heterocycles. The minimum absolute atomic E-state index is 0.000593. The van der Waals surface area contributed by atoms with Gasteiger partial charge in [0.05, 0.1) is 29.7 Å². The second kappa shape index (κ2) is 4.43. The Morgan fingerprint density at radius 2 is 2.00 bits per heavy atom. The Balaban J connectivity index is 2.19. The summed E-state index contributed by atoms with van der Waals surface area (Å²) in [5.41, 5.74) is 1.11. The SMILES string of the molecule is CC(c1ccc(C#N)cc1)N1OCC(C)(C)C1=O. The number of rotatable bonds is 2. The first kappa shape index (κ1) is 12.6. The lowest BCUT2D eigenvalue weighted by atomic mass is 9.94. The summed E-state index contributed by atoms with van der Waals surface area (Å²) in [7, 11) is 0. The third-order valence-corrected chi connectivity index (χ3v) is 3.22. The van der Waals surface area contributed by atoms with E-state index in [1.54, 1.807) is 12.1 Å². The zero-order valence-corrected chi connectivity index (χ0v) is 10.8. The number of carbonyl (C=O) groups is 1. The van der Waals surface area contributed by atoms with Gasteiger partial charge in [-0.05, 0) is 38.5 Å². The predicted octanol–water partition coefficient (Wildman–Crippen LogP) is 2.42. The van der Waals surface area contributed by atoms with Gasteiger partial charge in [0.25, 0.3) is 5.91 Å². The van der Waals surface area contributed by atoms with Crippen LogP contribution in [0.3, 0.4) is 0 Å². The van der Waals surface area contributed by atoms with Crippen molar-refractivity contribution in [1.29, 1.82) is 5.26 Å². The standard InChI is InChI=1S/C14H16N2O2/c1-10(12-6-4-11(8-15)5-7-12)16-13(17)14(2,3)9-18-16/h4-7,10H,9H2,1-3H3. The van der Waals surface area contributed by atoms with Crippen LogP contribution in [0.5, 0.6) is 0 Å². The van der Waals surface area contributed by atoms with Gasteiger partial charge < -0.3 is 0 Å². The van der Waals surface area contributed by atoms with Crippen LogP contribution in [-0.4, -0.2) is 17.6 Å². The van der Waals surface area contributed by atoms with Gasteiger partial charge in [-0.1, -0.05) is 12.1 Å². The van der Waals surface area contributed by atoms with Crippen LogP contribution in [0.2, 0.25) is 0 Å². The Bertz CT molecular complexity index is 500. The van der Waals surface area contributed by atoms with E-state index < -0.39 is 5.41 Å². The Morgan fingerprint density at radius 3 is 2.44 bits per heavy atom. The van der Waals surface area contributed by atoms with Crippen molar-refractivity contribution in [1.82, 2.24) is 5.06 Å². The number of hydroxylamine groups is 2. The maximum Gasteiger partial charge on any atom is 0.254 e. The van der Waals surface area contributed by atoms with Crippen LogP contribution in [0.25, 0.3) is 0 Å². The minimum atomic E-state index is -0.457. The predicted molar refractivity (Wildman–Crippen MR) is 66.2 cm³/mol. The van der Waals surface area contributed by atoms with Crippen molar-refractivity contribution in [2.45, 2.75) is 26.8 Å². The molecule has 1 aliphatic heterocycles. The largest absolute Gasteiger partial charge is 0.272 e. The molecule has 0 N–H and O–H groups in total. The summed E-state index contributed by atoms with van der Waals surface area (Å²) < 4.78 is 0. The van der Waals surface area contributed by atoms with Crippen molar-refractivity contribution in [3.63, 3.8) is 0 Å². The number of hydrogen-bond donors (Lipinski definition) is 0. The summed E-state index contributed by atoms with van der Waals surface area (Å²) in [5, 5.41) is 10.2. The van der Waals surface area contributed by atoms with E-state index in [2.05, 4.69) is 6.07 Å². The van der Waals surface area contributed by atoms with Crippen LogP contribution in [0.1, 0.15) is 37.9 Å². The van der Waals surface area contributed by atoms with Crippen molar-refractivity contribution < 1.29 is 9.63 Å². The molecule has 1 fully saturated rings. The van der Waals surface area contributed by atoms with Crippen LogP contribution in [0, 0.1) is 16.7 Å². The first-order valence-corrected chi connectivity index (χ1v) is 5.92. The fraction of sp³-hybridized carbons (Fsp3) is 0.429. The molecule has 94 valence electrons. The van der Waals surface area contributed by atoms with Gasteiger partial charge in [-0.15, -0.1) is 0 Å². The van der Waals surface area contributed by atoms with Gasteiger partial charge in [0.15, 0.2) is 0 Å². The highest BCUT2D eigenvalue weighted by Gasteiger charge is 2.42. The number of carbonyl (C=O) groups excluding carboxylic acids is 1. The van der Waals surface area contributed by atoms with Crippen molar-refractivity contribution >= 4 is 5.91 Å². The van der Waals surface area contributed by atoms with Gasteiger partial charge in [-0.25, -0.2) is 5.06 Å². The lowest BCUT2D eigenvalue weighted by Crippen LogP contribution is -2.32. The van der Waals surface area contributed by atoms with E-state index in [1.807, 2.05) is 32.9 Å². The van der Waals surface area contributed by atoms with Gasteiger partial charge in [-0.3, -0.25) is 9.63 Å². The minimum Gasteiger partial charge on any atom is -0.272 e. The van der Waals surface area contributed by atoms with E-state index in [1.165, 1.54) is 5.06 Å². The average Bonchev–Trinajstić information content (AvgIpc) is 2.64. The summed E-state index contributed by atoms with van der Waals surface area (Å²) in [6, 6.07) is 9.13. The summed E-state index contributed by atoms with van der Waals surface area (Å²) in [5.74, 6) is -0.000593. The van der Waals surface area contributed by atoms with Crippen LogP contribution >= 0.6 is 0 Å². The molecular weight excluding hydrogens is 228 g/mol. The molecule has 4 nitrogen and oxygen atoms in total. The second-order valence-corrected chi connectivity index (χ2v) is 5.20. The Kier molecular flexibility index (Phi) is 3.10.